The van der Waals surface area contributed by atoms with E-state index in [1.807, 2.05) is 13.8 Å². The largest absolute Gasteiger partial charge is 0.467 e. The molecule has 0 saturated carbocycles. The molecule has 0 saturated heterocycles. The van der Waals surface area contributed by atoms with Gasteiger partial charge in [0.05, 0.1) is 7.11 Å². The molecule has 0 aliphatic rings. The number of esters is 2. The van der Waals surface area contributed by atoms with Crippen LogP contribution in [0.1, 0.15) is 29.9 Å². The van der Waals surface area contributed by atoms with Crippen LogP contribution >= 0.6 is 11.3 Å². The van der Waals surface area contributed by atoms with E-state index in [0.29, 0.717) is 11.8 Å². The maximum absolute atomic E-state index is 13.2. The van der Waals surface area contributed by atoms with E-state index >= 15 is 0 Å². The van der Waals surface area contributed by atoms with Crippen molar-refractivity contribution in [3.05, 3.63) is 35.0 Å². The molecule has 6 nitrogen and oxygen atoms in total. The first-order valence-electron chi connectivity index (χ1n) is 8.09. The summed E-state index contributed by atoms with van der Waals surface area (Å²) in [6.45, 7) is 3.17. The molecule has 1 aromatic carbocycles. The summed E-state index contributed by atoms with van der Waals surface area (Å²) in [7, 11) is 1.24. The summed E-state index contributed by atoms with van der Waals surface area (Å²) in [4.78, 5) is 36.1. The number of benzene rings is 1. The van der Waals surface area contributed by atoms with Gasteiger partial charge in [0, 0.05) is 4.70 Å². The predicted octanol–water partition coefficient (Wildman–Crippen LogP) is 2.90. The molecule has 0 spiro atoms. The first-order chi connectivity index (χ1) is 12.3. The Morgan fingerprint density at radius 2 is 2.00 bits per heavy atom. The van der Waals surface area contributed by atoms with Crippen molar-refractivity contribution in [2.45, 2.75) is 26.3 Å². The van der Waals surface area contributed by atoms with Crippen molar-refractivity contribution in [2.75, 3.05) is 13.7 Å². The highest BCUT2D eigenvalue weighted by molar-refractivity contribution is 7.20. The van der Waals surface area contributed by atoms with E-state index in [1.165, 1.54) is 25.3 Å². The summed E-state index contributed by atoms with van der Waals surface area (Å²) < 4.78 is 23.6. The van der Waals surface area contributed by atoms with E-state index in [9.17, 15) is 18.8 Å². The number of carbonyl (C=O) groups is 3. The van der Waals surface area contributed by atoms with Crippen molar-refractivity contribution in [3.63, 3.8) is 0 Å². The number of methoxy groups -OCH3 is 1. The number of fused-ring (bicyclic) bond motifs is 1. The minimum absolute atomic E-state index is 0.125. The predicted molar refractivity (Wildman–Crippen MR) is 95.5 cm³/mol. The highest BCUT2D eigenvalue weighted by Gasteiger charge is 2.27. The van der Waals surface area contributed by atoms with Crippen molar-refractivity contribution in [2.24, 2.45) is 5.92 Å². The normalized spacial score (nSPS) is 13.1. The zero-order valence-corrected chi connectivity index (χ0v) is 15.5. The molecule has 2 rings (SSSR count). The molecule has 1 heterocycles. The van der Waals surface area contributed by atoms with E-state index < -0.39 is 36.3 Å². The molecular weight excluding hydrogens is 361 g/mol. The Balaban J connectivity index is 1.96. The number of nitrogens with one attached hydrogen (secondary N) is 1. The van der Waals surface area contributed by atoms with Crippen LogP contribution < -0.4 is 5.32 Å². The fourth-order valence-corrected chi connectivity index (χ4v) is 3.27. The zero-order chi connectivity index (χ0) is 19.3. The number of amides is 1. The summed E-state index contributed by atoms with van der Waals surface area (Å²) in [5.74, 6) is -2.35. The van der Waals surface area contributed by atoms with Crippen LogP contribution in [0, 0.1) is 11.7 Å². The van der Waals surface area contributed by atoms with Crippen LogP contribution in [0.3, 0.4) is 0 Å². The number of carbonyl (C=O) groups excluding carboxylic acids is 3. The van der Waals surface area contributed by atoms with Gasteiger partial charge in [-0.25, -0.2) is 14.0 Å². The molecule has 0 fully saturated rings. The second-order valence-electron chi connectivity index (χ2n) is 5.82. The van der Waals surface area contributed by atoms with Crippen LogP contribution in [0.5, 0.6) is 0 Å². The number of hydrogen-bond donors (Lipinski definition) is 1. The third kappa shape index (κ3) is 4.78. The minimum Gasteiger partial charge on any atom is -0.467 e. The van der Waals surface area contributed by atoms with Crippen molar-refractivity contribution in [3.8, 4) is 0 Å². The quantitative estimate of drug-likeness (QED) is 0.746. The smallest absolute Gasteiger partial charge is 0.348 e. The highest BCUT2D eigenvalue weighted by atomic mass is 32.1. The van der Waals surface area contributed by atoms with Crippen molar-refractivity contribution >= 4 is 39.3 Å². The van der Waals surface area contributed by atoms with Crippen molar-refractivity contribution in [1.29, 1.82) is 0 Å². The molecule has 0 aliphatic carbocycles. The van der Waals surface area contributed by atoms with Crippen LogP contribution in [0.15, 0.2) is 24.3 Å². The average Bonchev–Trinajstić information content (AvgIpc) is 3.06. The molecule has 8 heteroatoms. The summed E-state index contributed by atoms with van der Waals surface area (Å²) in [6.07, 6.45) is 0.665. The number of ether oxygens (including phenoxy) is 2. The average molecular weight is 381 g/mol. The van der Waals surface area contributed by atoms with Gasteiger partial charge in [0.2, 0.25) is 0 Å². The molecule has 1 aromatic heterocycles. The maximum atomic E-state index is 13.2. The summed E-state index contributed by atoms with van der Waals surface area (Å²) in [6, 6.07) is 4.92. The fourth-order valence-electron chi connectivity index (χ4n) is 2.33. The van der Waals surface area contributed by atoms with E-state index in [-0.39, 0.29) is 10.8 Å². The van der Waals surface area contributed by atoms with E-state index in [0.717, 1.165) is 16.0 Å². The van der Waals surface area contributed by atoms with E-state index in [1.54, 1.807) is 6.07 Å². The lowest BCUT2D eigenvalue weighted by molar-refractivity contribution is -0.147. The summed E-state index contributed by atoms with van der Waals surface area (Å²) >= 11 is 1.15. The van der Waals surface area contributed by atoms with Crippen LogP contribution in [-0.2, 0) is 19.1 Å². The highest BCUT2D eigenvalue weighted by Crippen LogP contribution is 2.26. The van der Waals surface area contributed by atoms with Crippen LogP contribution in [0.4, 0.5) is 4.39 Å². The standard InChI is InChI=1S/C18H20FNO5S/c1-4-10(2)16(18(23)24-3)20-15(21)9-25-17(22)14-8-11-7-12(19)5-6-13(11)26-14/h5-8,10,16H,4,9H2,1-3H3,(H,20,21)/t10-,16-/m0/s1. The van der Waals surface area contributed by atoms with Crippen LogP contribution in [0.2, 0.25) is 0 Å². The third-order valence-corrected chi connectivity index (χ3v) is 5.09. The first kappa shape index (κ1) is 19.8. The summed E-state index contributed by atoms with van der Waals surface area (Å²) in [5.41, 5.74) is 0. The molecule has 26 heavy (non-hydrogen) atoms. The topological polar surface area (TPSA) is 81.7 Å². The van der Waals surface area contributed by atoms with Crippen LogP contribution in [0.25, 0.3) is 10.1 Å². The summed E-state index contributed by atoms with van der Waals surface area (Å²) in [5, 5.41) is 3.11. The van der Waals surface area contributed by atoms with E-state index in [4.69, 9.17) is 4.74 Å². The number of rotatable bonds is 7. The van der Waals surface area contributed by atoms with Gasteiger partial charge >= 0.3 is 11.9 Å². The number of halogens is 1. The fraction of sp³-hybridized carbons (Fsp3) is 0.389. The van der Waals surface area contributed by atoms with Gasteiger partial charge in [-0.15, -0.1) is 11.3 Å². The molecular formula is C18H20FNO5S. The number of hydrogen-bond acceptors (Lipinski definition) is 6. The second-order valence-corrected chi connectivity index (χ2v) is 6.91. The Bertz CT molecular complexity index is 819. The lowest BCUT2D eigenvalue weighted by atomic mass is 9.99. The van der Waals surface area contributed by atoms with Gasteiger partial charge in [-0.3, -0.25) is 4.79 Å². The monoisotopic (exact) mass is 381 g/mol. The molecule has 2 atom stereocenters. The molecule has 2 aromatic rings. The van der Waals surface area contributed by atoms with Crippen LogP contribution in [-0.4, -0.2) is 37.6 Å². The SMILES string of the molecule is CC[C@H](C)[C@H](NC(=O)COC(=O)c1cc2cc(F)ccc2s1)C(=O)OC. The molecule has 1 amide bonds. The Labute approximate surface area is 154 Å². The van der Waals surface area contributed by atoms with Crippen molar-refractivity contribution < 1.29 is 28.2 Å². The Morgan fingerprint density at radius 1 is 1.27 bits per heavy atom. The molecule has 1 N–H and O–H groups in total. The lowest BCUT2D eigenvalue weighted by Gasteiger charge is -2.21. The minimum atomic E-state index is -0.802. The van der Waals surface area contributed by atoms with Gasteiger partial charge in [0.15, 0.2) is 6.61 Å². The maximum Gasteiger partial charge on any atom is 0.348 e. The van der Waals surface area contributed by atoms with Gasteiger partial charge in [-0.1, -0.05) is 20.3 Å². The van der Waals surface area contributed by atoms with Gasteiger partial charge < -0.3 is 14.8 Å². The van der Waals surface area contributed by atoms with Gasteiger partial charge in [-0.2, -0.15) is 0 Å². The lowest BCUT2D eigenvalue weighted by Crippen LogP contribution is -2.47. The van der Waals surface area contributed by atoms with Gasteiger partial charge in [0.25, 0.3) is 5.91 Å². The van der Waals surface area contributed by atoms with Gasteiger partial charge in [0.1, 0.15) is 16.7 Å². The molecule has 0 aliphatic heterocycles. The van der Waals surface area contributed by atoms with Gasteiger partial charge in [-0.05, 0) is 35.6 Å². The first-order valence-corrected chi connectivity index (χ1v) is 8.90. The Kier molecular flexibility index (Phi) is 6.68. The van der Waals surface area contributed by atoms with E-state index in [2.05, 4.69) is 10.1 Å². The van der Waals surface area contributed by atoms with Crippen molar-refractivity contribution in [1.82, 2.24) is 5.32 Å². The molecule has 0 radical (unpaired) electrons. The number of thiophene rings is 1. The molecule has 140 valence electrons. The Hall–Kier alpha value is -2.48. The second kappa shape index (κ2) is 8.75. The zero-order valence-electron chi connectivity index (χ0n) is 14.7. The molecule has 0 unspecified atom stereocenters. The third-order valence-electron chi connectivity index (χ3n) is 4.00. The Morgan fingerprint density at radius 3 is 2.65 bits per heavy atom. The molecule has 0 bridgehead atoms.